The summed E-state index contributed by atoms with van der Waals surface area (Å²) >= 11 is 0. The van der Waals surface area contributed by atoms with Crippen LogP contribution in [-0.4, -0.2) is 32.1 Å². The molecule has 0 bridgehead atoms. The second-order valence-corrected chi connectivity index (χ2v) is 7.52. The van der Waals surface area contributed by atoms with Crippen LogP contribution in [0.4, 0.5) is 0 Å². The fraction of sp³-hybridized carbons (Fsp3) is 0.571. The molecule has 1 saturated heterocycles. The zero-order valence-corrected chi connectivity index (χ0v) is 12.3. The Kier molecular flexibility index (Phi) is 4.16. The first-order valence-electron chi connectivity index (χ1n) is 6.60. The van der Waals surface area contributed by atoms with E-state index in [1.54, 1.807) is 0 Å². The van der Waals surface area contributed by atoms with Gasteiger partial charge in [-0.2, -0.15) is 0 Å². The van der Waals surface area contributed by atoms with Gasteiger partial charge >= 0.3 is 0 Å². The predicted octanol–water partition coefficient (Wildman–Crippen LogP) is 1.75. The van der Waals surface area contributed by atoms with Gasteiger partial charge in [-0.25, -0.2) is 8.42 Å². The number of sulfone groups is 1. The van der Waals surface area contributed by atoms with E-state index in [0.29, 0.717) is 25.3 Å². The minimum Gasteiger partial charge on any atom is -0.494 e. The lowest BCUT2D eigenvalue weighted by molar-refractivity contribution is 0.340. The van der Waals surface area contributed by atoms with E-state index in [1.807, 2.05) is 38.1 Å². The van der Waals surface area contributed by atoms with Crippen LogP contribution in [0.5, 0.6) is 5.75 Å². The van der Waals surface area contributed by atoms with Gasteiger partial charge in [-0.05, 0) is 38.0 Å². The predicted molar refractivity (Wildman–Crippen MR) is 76.1 cm³/mol. The lowest BCUT2D eigenvalue weighted by atomic mass is 10.0. The Bertz CT molecular complexity index is 524. The minimum atomic E-state index is -2.85. The molecule has 1 aromatic rings. The second-order valence-electron chi connectivity index (χ2n) is 5.33. The van der Waals surface area contributed by atoms with E-state index >= 15 is 0 Å². The summed E-state index contributed by atoms with van der Waals surface area (Å²) in [6.07, 6.45) is 0.687. The van der Waals surface area contributed by atoms with Crippen LogP contribution in [0.3, 0.4) is 0 Å². The molecule has 2 rings (SSSR count). The Morgan fingerprint density at radius 1 is 1.32 bits per heavy atom. The highest BCUT2D eigenvalue weighted by atomic mass is 32.2. The lowest BCUT2D eigenvalue weighted by Crippen LogP contribution is -2.42. The van der Waals surface area contributed by atoms with Gasteiger partial charge in [0.05, 0.1) is 18.1 Å². The van der Waals surface area contributed by atoms with E-state index in [2.05, 4.69) is 5.32 Å². The van der Waals surface area contributed by atoms with Gasteiger partial charge in [0.25, 0.3) is 0 Å². The van der Waals surface area contributed by atoms with Crippen LogP contribution in [-0.2, 0) is 16.4 Å². The van der Waals surface area contributed by atoms with Gasteiger partial charge in [-0.15, -0.1) is 0 Å². The molecule has 1 atom stereocenters. The molecule has 1 aliphatic heterocycles. The molecule has 1 N–H and O–H groups in total. The lowest BCUT2D eigenvalue weighted by Gasteiger charge is -2.24. The number of hydrogen-bond donors (Lipinski definition) is 1. The third-order valence-electron chi connectivity index (χ3n) is 3.46. The molecule has 1 aliphatic rings. The Balaban J connectivity index is 1.92. The molecule has 5 heteroatoms. The number of ether oxygens (including phenoxy) is 1. The Morgan fingerprint density at radius 3 is 2.53 bits per heavy atom. The van der Waals surface area contributed by atoms with Gasteiger partial charge in [0.1, 0.15) is 5.75 Å². The van der Waals surface area contributed by atoms with E-state index in [4.69, 9.17) is 4.74 Å². The molecule has 1 unspecified atom stereocenters. The van der Waals surface area contributed by atoms with Crippen LogP contribution in [0.2, 0.25) is 0 Å². The molecule has 1 aromatic carbocycles. The van der Waals surface area contributed by atoms with Crippen molar-refractivity contribution in [2.24, 2.45) is 0 Å². The standard InChI is InChI=1S/C14H21NO3S/c1-3-18-13-6-4-12(5-7-13)10-15-14(2)8-9-19(16,17)11-14/h4-7,15H,3,8-11H2,1-2H3. The third kappa shape index (κ3) is 3.94. The summed E-state index contributed by atoms with van der Waals surface area (Å²) in [5.41, 5.74) is 0.839. The summed E-state index contributed by atoms with van der Waals surface area (Å²) in [6.45, 7) is 5.27. The average molecular weight is 283 g/mol. The van der Waals surface area contributed by atoms with E-state index in [-0.39, 0.29) is 11.3 Å². The van der Waals surface area contributed by atoms with Crippen molar-refractivity contribution in [2.45, 2.75) is 32.4 Å². The Morgan fingerprint density at radius 2 is 2.00 bits per heavy atom. The Labute approximate surface area is 115 Å². The fourth-order valence-corrected chi connectivity index (χ4v) is 4.46. The number of benzene rings is 1. The van der Waals surface area contributed by atoms with E-state index in [9.17, 15) is 8.42 Å². The summed E-state index contributed by atoms with van der Waals surface area (Å²) in [4.78, 5) is 0. The zero-order valence-electron chi connectivity index (χ0n) is 11.5. The normalized spacial score (nSPS) is 25.4. The monoisotopic (exact) mass is 283 g/mol. The van der Waals surface area contributed by atoms with Crippen molar-refractivity contribution < 1.29 is 13.2 Å². The van der Waals surface area contributed by atoms with E-state index in [1.165, 1.54) is 0 Å². The SMILES string of the molecule is CCOc1ccc(CNC2(C)CCS(=O)(=O)C2)cc1. The first-order valence-corrected chi connectivity index (χ1v) is 8.42. The van der Waals surface area contributed by atoms with Crippen molar-refractivity contribution in [3.8, 4) is 5.75 Å². The maximum atomic E-state index is 11.5. The summed E-state index contributed by atoms with van der Waals surface area (Å²) in [5.74, 6) is 1.39. The number of nitrogens with one attached hydrogen (secondary N) is 1. The summed E-state index contributed by atoms with van der Waals surface area (Å²) in [5, 5.41) is 3.36. The molecule has 0 amide bonds. The van der Waals surface area contributed by atoms with Crippen molar-refractivity contribution in [3.63, 3.8) is 0 Å². The van der Waals surface area contributed by atoms with Crippen molar-refractivity contribution in [2.75, 3.05) is 18.1 Å². The van der Waals surface area contributed by atoms with Crippen molar-refractivity contribution in [3.05, 3.63) is 29.8 Å². The summed E-state index contributed by atoms with van der Waals surface area (Å²) < 4.78 is 28.4. The third-order valence-corrected chi connectivity index (χ3v) is 5.36. The Hall–Kier alpha value is -1.07. The summed E-state index contributed by atoms with van der Waals surface area (Å²) in [6, 6.07) is 7.89. The minimum absolute atomic E-state index is 0.233. The molecule has 0 aliphatic carbocycles. The van der Waals surface area contributed by atoms with Crippen LogP contribution < -0.4 is 10.1 Å². The van der Waals surface area contributed by atoms with Crippen molar-refractivity contribution >= 4 is 9.84 Å². The molecule has 0 spiro atoms. The van der Waals surface area contributed by atoms with Crippen LogP contribution >= 0.6 is 0 Å². The average Bonchev–Trinajstić information content (AvgIpc) is 2.64. The van der Waals surface area contributed by atoms with E-state index < -0.39 is 9.84 Å². The van der Waals surface area contributed by atoms with Gasteiger partial charge in [0, 0.05) is 12.1 Å². The molecule has 0 radical (unpaired) electrons. The van der Waals surface area contributed by atoms with Crippen molar-refractivity contribution in [1.82, 2.24) is 5.32 Å². The van der Waals surface area contributed by atoms with Crippen LogP contribution in [0.15, 0.2) is 24.3 Å². The molecule has 1 fully saturated rings. The second kappa shape index (κ2) is 5.51. The fourth-order valence-electron chi connectivity index (χ4n) is 2.34. The molecule has 1 heterocycles. The molecular formula is C14H21NO3S. The smallest absolute Gasteiger partial charge is 0.152 e. The summed E-state index contributed by atoms with van der Waals surface area (Å²) in [7, 11) is -2.85. The number of rotatable bonds is 5. The highest BCUT2D eigenvalue weighted by Crippen LogP contribution is 2.23. The first-order chi connectivity index (χ1) is 8.92. The van der Waals surface area contributed by atoms with Crippen LogP contribution in [0.1, 0.15) is 25.8 Å². The topological polar surface area (TPSA) is 55.4 Å². The first kappa shape index (κ1) is 14.3. The maximum Gasteiger partial charge on any atom is 0.152 e. The molecule has 0 aromatic heterocycles. The maximum absolute atomic E-state index is 11.5. The molecule has 4 nitrogen and oxygen atoms in total. The van der Waals surface area contributed by atoms with Gasteiger partial charge in [0.15, 0.2) is 9.84 Å². The van der Waals surface area contributed by atoms with Gasteiger partial charge in [-0.1, -0.05) is 12.1 Å². The molecule has 106 valence electrons. The van der Waals surface area contributed by atoms with Crippen molar-refractivity contribution in [1.29, 1.82) is 0 Å². The van der Waals surface area contributed by atoms with Crippen LogP contribution in [0.25, 0.3) is 0 Å². The highest BCUT2D eigenvalue weighted by Gasteiger charge is 2.37. The zero-order chi connectivity index (χ0) is 13.9. The van der Waals surface area contributed by atoms with Gasteiger partial charge in [0.2, 0.25) is 0 Å². The number of hydrogen-bond acceptors (Lipinski definition) is 4. The molecule has 19 heavy (non-hydrogen) atoms. The molecule has 0 saturated carbocycles. The molecular weight excluding hydrogens is 262 g/mol. The van der Waals surface area contributed by atoms with Gasteiger partial charge in [-0.3, -0.25) is 0 Å². The van der Waals surface area contributed by atoms with Gasteiger partial charge < -0.3 is 10.1 Å². The van der Waals surface area contributed by atoms with Crippen LogP contribution in [0, 0.1) is 0 Å². The highest BCUT2D eigenvalue weighted by molar-refractivity contribution is 7.91. The van der Waals surface area contributed by atoms with E-state index in [0.717, 1.165) is 11.3 Å². The largest absolute Gasteiger partial charge is 0.494 e. The quantitative estimate of drug-likeness (QED) is 0.894.